The Morgan fingerprint density at radius 1 is 0.676 bits per heavy atom. The molecule has 3 aromatic carbocycles. The van der Waals surface area contributed by atoms with E-state index in [-0.39, 0.29) is 17.8 Å². The maximum atomic E-state index is 14.5. The lowest BCUT2D eigenvalue weighted by molar-refractivity contribution is 0.575. The summed E-state index contributed by atoms with van der Waals surface area (Å²) in [5, 5.41) is 11.1. The first-order valence-corrected chi connectivity index (χ1v) is 14.2. The van der Waals surface area contributed by atoms with Crippen molar-refractivity contribution < 1.29 is 8.42 Å². The molecule has 37 heavy (non-hydrogen) atoms. The number of hydrogen-bond donors (Lipinski definition) is 2. The molecule has 6 nitrogen and oxygen atoms in total. The molecule has 2 N–H and O–H groups in total. The maximum Gasteiger partial charge on any atom is 0.285 e. The Hall–Kier alpha value is -3.58. The van der Waals surface area contributed by atoms with Gasteiger partial charge in [0, 0.05) is 17.4 Å². The van der Waals surface area contributed by atoms with Crippen molar-refractivity contribution in [3.63, 3.8) is 0 Å². The van der Waals surface area contributed by atoms with Crippen molar-refractivity contribution in [3.05, 3.63) is 95.6 Å². The van der Waals surface area contributed by atoms with Crippen LogP contribution < -0.4 is 10.6 Å². The van der Waals surface area contributed by atoms with Gasteiger partial charge in [-0.1, -0.05) is 90.1 Å². The Morgan fingerprint density at radius 3 is 1.62 bits per heavy atom. The highest BCUT2D eigenvalue weighted by atomic mass is 32.2. The summed E-state index contributed by atoms with van der Waals surface area (Å²) in [6, 6.07) is 24.9. The average molecular weight is 517 g/mol. The lowest BCUT2D eigenvalue weighted by Crippen LogP contribution is -2.21. The molecule has 0 saturated heterocycles. The first-order chi connectivity index (χ1) is 17.6. The van der Waals surface area contributed by atoms with Gasteiger partial charge in [-0.25, -0.2) is 0 Å². The number of hydrogen-bond acceptors (Lipinski definition) is 5. The van der Waals surface area contributed by atoms with E-state index < -0.39 is 10.0 Å². The number of aromatic nitrogens is 2. The zero-order valence-electron chi connectivity index (χ0n) is 22.4. The summed E-state index contributed by atoms with van der Waals surface area (Å²) in [6.45, 7) is 12.4. The molecule has 0 radical (unpaired) electrons. The van der Waals surface area contributed by atoms with E-state index in [1.807, 2.05) is 100 Å². The van der Waals surface area contributed by atoms with E-state index in [0.29, 0.717) is 16.5 Å². The quantitative estimate of drug-likeness (QED) is 0.236. The molecule has 0 spiro atoms. The van der Waals surface area contributed by atoms with Crippen molar-refractivity contribution in [2.45, 2.75) is 64.2 Å². The van der Waals surface area contributed by atoms with Crippen LogP contribution in [0.25, 0.3) is 0 Å². The molecular weight excluding hydrogens is 480 g/mol. The molecule has 1 heterocycles. The Balaban J connectivity index is 1.92. The third-order valence-electron chi connectivity index (χ3n) is 6.34. The van der Waals surface area contributed by atoms with E-state index in [4.69, 9.17) is 0 Å². The van der Waals surface area contributed by atoms with Crippen LogP contribution in [-0.4, -0.2) is 17.6 Å². The second kappa shape index (κ2) is 10.8. The predicted octanol–water partition coefficient (Wildman–Crippen LogP) is 7.98. The second-order valence-electron chi connectivity index (χ2n) is 10.2. The summed E-state index contributed by atoms with van der Waals surface area (Å²) in [6.07, 6.45) is 0. The van der Waals surface area contributed by atoms with E-state index in [9.17, 15) is 8.42 Å². The summed E-state index contributed by atoms with van der Waals surface area (Å²) in [7, 11) is -4.05. The summed E-state index contributed by atoms with van der Waals surface area (Å²) in [5.41, 5.74) is 4.36. The molecule has 194 valence electrons. The highest BCUT2D eigenvalue weighted by Crippen LogP contribution is 2.37. The standard InChI is InChI=1S/C30H36N4O2S/c1-20(2)23-17-26(21(3)4)30(27(18-23)22(5)6)37(35,36)34-29(32-25-15-11-8-12-16-25)19-28(33-34)31-24-13-9-7-10-14-24/h7-22,32H,1-6H3,(H,31,33). The van der Waals surface area contributed by atoms with Gasteiger partial charge < -0.3 is 10.6 Å². The van der Waals surface area contributed by atoms with Crippen LogP contribution in [0.3, 0.4) is 0 Å². The molecule has 0 aliphatic rings. The monoisotopic (exact) mass is 516 g/mol. The minimum absolute atomic E-state index is 0.0176. The topological polar surface area (TPSA) is 76.0 Å². The van der Waals surface area contributed by atoms with E-state index in [2.05, 4.69) is 29.6 Å². The first kappa shape index (κ1) is 26.5. The number of nitrogens with one attached hydrogen (secondary N) is 2. The minimum Gasteiger partial charge on any atom is -0.339 e. The normalized spacial score (nSPS) is 11.9. The molecule has 0 unspecified atom stereocenters. The fourth-order valence-electron chi connectivity index (χ4n) is 4.31. The fraction of sp³-hybridized carbons (Fsp3) is 0.300. The Kier molecular flexibility index (Phi) is 7.73. The van der Waals surface area contributed by atoms with Gasteiger partial charge in [0.25, 0.3) is 10.0 Å². The van der Waals surface area contributed by atoms with E-state index in [1.54, 1.807) is 6.07 Å². The van der Waals surface area contributed by atoms with Crippen LogP contribution in [-0.2, 0) is 10.0 Å². The summed E-state index contributed by atoms with van der Waals surface area (Å²) in [5.74, 6) is 1.12. The van der Waals surface area contributed by atoms with Crippen molar-refractivity contribution in [3.8, 4) is 0 Å². The number of nitrogens with zero attached hydrogens (tertiary/aromatic N) is 2. The Morgan fingerprint density at radius 2 is 1.16 bits per heavy atom. The molecule has 1 aromatic heterocycles. The van der Waals surface area contributed by atoms with Crippen LogP contribution in [0.2, 0.25) is 0 Å². The molecule has 4 rings (SSSR count). The molecule has 0 aliphatic carbocycles. The lowest BCUT2D eigenvalue weighted by atomic mass is 9.89. The number of anilines is 4. The molecule has 0 bridgehead atoms. The highest BCUT2D eigenvalue weighted by Gasteiger charge is 2.31. The van der Waals surface area contributed by atoms with Gasteiger partial charge >= 0.3 is 0 Å². The molecule has 0 aliphatic heterocycles. The minimum atomic E-state index is -4.05. The van der Waals surface area contributed by atoms with E-state index in [1.165, 1.54) is 0 Å². The molecule has 0 amide bonds. The third-order valence-corrected chi connectivity index (χ3v) is 8.06. The van der Waals surface area contributed by atoms with Gasteiger partial charge in [0.05, 0.1) is 4.90 Å². The van der Waals surface area contributed by atoms with Crippen LogP contribution in [0.1, 0.15) is 76.0 Å². The second-order valence-corrected chi connectivity index (χ2v) is 11.9. The summed E-state index contributed by atoms with van der Waals surface area (Å²) < 4.78 is 30.1. The number of rotatable bonds is 9. The molecule has 0 saturated carbocycles. The SMILES string of the molecule is CC(C)c1cc(C(C)C)c(S(=O)(=O)n2nc(Nc3ccccc3)cc2Nc2ccccc2)c(C(C)C)c1. The van der Waals surface area contributed by atoms with Gasteiger partial charge in [-0.15, -0.1) is 9.19 Å². The fourth-order valence-corrected chi connectivity index (χ4v) is 6.22. The summed E-state index contributed by atoms with van der Waals surface area (Å²) in [4.78, 5) is 0.340. The van der Waals surface area contributed by atoms with Gasteiger partial charge in [-0.2, -0.15) is 8.42 Å². The third kappa shape index (κ3) is 5.72. The zero-order valence-corrected chi connectivity index (χ0v) is 23.2. The van der Waals surface area contributed by atoms with Gasteiger partial charge in [0.2, 0.25) is 0 Å². The summed E-state index contributed by atoms with van der Waals surface area (Å²) >= 11 is 0. The van der Waals surface area contributed by atoms with Crippen LogP contribution in [0.15, 0.2) is 83.8 Å². The molecule has 4 aromatic rings. The Labute approximate surface area is 220 Å². The first-order valence-electron chi connectivity index (χ1n) is 12.8. The van der Waals surface area contributed by atoms with Crippen molar-refractivity contribution in [2.24, 2.45) is 0 Å². The van der Waals surface area contributed by atoms with E-state index in [0.717, 1.165) is 32.2 Å². The van der Waals surface area contributed by atoms with Gasteiger partial charge in [-0.3, -0.25) is 0 Å². The maximum absolute atomic E-state index is 14.5. The molecular formula is C30H36N4O2S. The largest absolute Gasteiger partial charge is 0.339 e. The van der Waals surface area contributed by atoms with Crippen molar-refractivity contribution in [1.82, 2.24) is 9.19 Å². The molecule has 7 heteroatoms. The van der Waals surface area contributed by atoms with Crippen LogP contribution >= 0.6 is 0 Å². The van der Waals surface area contributed by atoms with Crippen molar-refractivity contribution in [1.29, 1.82) is 0 Å². The van der Waals surface area contributed by atoms with Crippen molar-refractivity contribution in [2.75, 3.05) is 10.6 Å². The van der Waals surface area contributed by atoms with Gasteiger partial charge in [0.1, 0.15) is 5.82 Å². The average Bonchev–Trinajstić information content (AvgIpc) is 3.27. The van der Waals surface area contributed by atoms with Gasteiger partial charge in [-0.05, 0) is 58.7 Å². The highest BCUT2D eigenvalue weighted by molar-refractivity contribution is 7.90. The van der Waals surface area contributed by atoms with Crippen LogP contribution in [0.5, 0.6) is 0 Å². The molecule has 0 fully saturated rings. The van der Waals surface area contributed by atoms with Crippen LogP contribution in [0.4, 0.5) is 23.0 Å². The Bertz CT molecular complexity index is 1430. The predicted molar refractivity (Wildman–Crippen MR) is 153 cm³/mol. The van der Waals surface area contributed by atoms with E-state index >= 15 is 0 Å². The van der Waals surface area contributed by atoms with Crippen LogP contribution in [0, 0.1) is 0 Å². The number of para-hydroxylation sites is 2. The smallest absolute Gasteiger partial charge is 0.285 e. The number of benzene rings is 3. The van der Waals surface area contributed by atoms with Gasteiger partial charge in [0.15, 0.2) is 5.82 Å². The zero-order chi connectivity index (χ0) is 26.7. The van der Waals surface area contributed by atoms with Crippen molar-refractivity contribution >= 4 is 33.0 Å². The lowest BCUT2D eigenvalue weighted by Gasteiger charge is -2.23. The molecule has 0 atom stereocenters.